The third kappa shape index (κ3) is 3.26. The molecule has 1 fully saturated rings. The largest absolute Gasteiger partial charge is 0.384 e. The number of anilines is 1. The Hall–Kier alpha value is -1.02. The molecule has 1 aliphatic heterocycles. The summed E-state index contributed by atoms with van der Waals surface area (Å²) in [6, 6.07) is 6.62. The smallest absolute Gasteiger partial charge is 0.0405 e. The highest BCUT2D eigenvalue weighted by molar-refractivity contribution is 5.58. The highest BCUT2D eigenvalue weighted by Gasteiger charge is 2.14. The van der Waals surface area contributed by atoms with Crippen LogP contribution < -0.4 is 10.6 Å². The van der Waals surface area contributed by atoms with E-state index >= 15 is 0 Å². The zero-order chi connectivity index (χ0) is 13.0. The first kappa shape index (κ1) is 13.4. The average Bonchev–Trinajstić information content (AvgIpc) is 2.38. The van der Waals surface area contributed by atoms with E-state index in [1.165, 1.54) is 36.2 Å². The molecule has 0 saturated carbocycles. The highest BCUT2D eigenvalue weighted by Crippen LogP contribution is 2.27. The number of benzene rings is 1. The molecule has 0 radical (unpaired) electrons. The molecule has 1 heterocycles. The molecule has 18 heavy (non-hydrogen) atoms. The first-order valence-corrected chi connectivity index (χ1v) is 7.22. The van der Waals surface area contributed by atoms with Crippen LogP contribution in [0.15, 0.2) is 18.2 Å². The summed E-state index contributed by atoms with van der Waals surface area (Å²) < 4.78 is 0. The van der Waals surface area contributed by atoms with E-state index in [-0.39, 0.29) is 0 Å². The second-order valence-corrected chi connectivity index (χ2v) is 5.79. The zero-order valence-electron chi connectivity index (χ0n) is 11.9. The molecule has 0 aliphatic carbocycles. The molecule has 0 amide bonds. The van der Waals surface area contributed by atoms with Crippen molar-refractivity contribution in [1.29, 1.82) is 0 Å². The van der Waals surface area contributed by atoms with E-state index in [0.29, 0.717) is 5.92 Å². The van der Waals surface area contributed by atoms with Gasteiger partial charge in [0.15, 0.2) is 0 Å². The van der Waals surface area contributed by atoms with E-state index in [1.54, 1.807) is 0 Å². The number of piperidine rings is 1. The van der Waals surface area contributed by atoms with E-state index in [4.69, 9.17) is 0 Å². The van der Waals surface area contributed by atoms with Crippen molar-refractivity contribution in [3.05, 3.63) is 29.3 Å². The lowest BCUT2D eigenvalue weighted by Gasteiger charge is -2.25. The molecule has 1 atom stereocenters. The Morgan fingerprint density at radius 2 is 2.22 bits per heavy atom. The number of aryl methyl sites for hydroxylation is 1. The average molecular weight is 246 g/mol. The molecule has 2 rings (SSSR count). The minimum Gasteiger partial charge on any atom is -0.384 e. The van der Waals surface area contributed by atoms with E-state index in [0.717, 1.165) is 19.0 Å². The Morgan fingerprint density at radius 3 is 2.89 bits per heavy atom. The summed E-state index contributed by atoms with van der Waals surface area (Å²) >= 11 is 0. The molecule has 1 saturated heterocycles. The summed E-state index contributed by atoms with van der Waals surface area (Å²) in [6.45, 7) is 10.2. The first-order valence-electron chi connectivity index (χ1n) is 7.22. The van der Waals surface area contributed by atoms with Crippen molar-refractivity contribution in [3.8, 4) is 0 Å². The minimum absolute atomic E-state index is 0.580. The van der Waals surface area contributed by atoms with Gasteiger partial charge in [-0.05, 0) is 55.8 Å². The van der Waals surface area contributed by atoms with Crippen LogP contribution in [0, 0.1) is 12.8 Å². The van der Waals surface area contributed by atoms with Crippen molar-refractivity contribution < 1.29 is 0 Å². The van der Waals surface area contributed by atoms with Crippen LogP contribution in [0.25, 0.3) is 0 Å². The standard InChI is InChI=1S/C16H26N2/c1-12(2)15-8-4-6-13(3)16(15)18-11-14-7-5-9-17-10-14/h4,6,8,12,14,17-18H,5,7,9-11H2,1-3H3. The van der Waals surface area contributed by atoms with Crippen molar-refractivity contribution in [2.45, 2.75) is 39.5 Å². The summed E-state index contributed by atoms with van der Waals surface area (Å²) in [6.07, 6.45) is 2.67. The molecular formula is C16H26N2. The molecule has 1 aromatic carbocycles. The predicted octanol–water partition coefficient (Wildman–Crippen LogP) is 3.53. The molecule has 0 aromatic heterocycles. The van der Waals surface area contributed by atoms with Gasteiger partial charge in [0.25, 0.3) is 0 Å². The normalized spacial score (nSPS) is 20.1. The van der Waals surface area contributed by atoms with Crippen LogP contribution in [-0.2, 0) is 0 Å². The Balaban J connectivity index is 2.03. The maximum absolute atomic E-state index is 3.69. The number of hydrogen-bond donors (Lipinski definition) is 2. The molecule has 1 aromatic rings. The molecule has 1 aliphatic rings. The number of nitrogens with one attached hydrogen (secondary N) is 2. The second-order valence-electron chi connectivity index (χ2n) is 5.79. The highest BCUT2D eigenvalue weighted by atomic mass is 14.9. The molecular weight excluding hydrogens is 220 g/mol. The topological polar surface area (TPSA) is 24.1 Å². The van der Waals surface area contributed by atoms with E-state index in [1.807, 2.05) is 0 Å². The van der Waals surface area contributed by atoms with Crippen LogP contribution in [0.5, 0.6) is 0 Å². The Morgan fingerprint density at radius 1 is 1.39 bits per heavy atom. The molecule has 0 spiro atoms. The van der Waals surface area contributed by atoms with E-state index < -0.39 is 0 Å². The third-order valence-electron chi connectivity index (χ3n) is 3.89. The van der Waals surface area contributed by atoms with Gasteiger partial charge in [0, 0.05) is 12.2 Å². The quantitative estimate of drug-likeness (QED) is 0.849. The lowest BCUT2D eigenvalue weighted by molar-refractivity contribution is 0.393. The van der Waals surface area contributed by atoms with Crippen LogP contribution in [0.3, 0.4) is 0 Å². The fraction of sp³-hybridized carbons (Fsp3) is 0.625. The van der Waals surface area contributed by atoms with Gasteiger partial charge in [-0.3, -0.25) is 0 Å². The van der Waals surface area contributed by atoms with Crippen LogP contribution in [0.1, 0.15) is 43.7 Å². The van der Waals surface area contributed by atoms with Gasteiger partial charge in [-0.1, -0.05) is 32.0 Å². The fourth-order valence-electron chi connectivity index (χ4n) is 2.76. The number of rotatable bonds is 4. The summed E-state index contributed by atoms with van der Waals surface area (Å²) in [7, 11) is 0. The Bertz CT molecular complexity index is 379. The van der Waals surface area contributed by atoms with Crippen molar-refractivity contribution >= 4 is 5.69 Å². The number of para-hydroxylation sites is 1. The van der Waals surface area contributed by atoms with Crippen molar-refractivity contribution in [2.75, 3.05) is 25.0 Å². The van der Waals surface area contributed by atoms with Crippen molar-refractivity contribution in [1.82, 2.24) is 5.32 Å². The van der Waals surface area contributed by atoms with Crippen molar-refractivity contribution in [3.63, 3.8) is 0 Å². The zero-order valence-corrected chi connectivity index (χ0v) is 11.9. The van der Waals surface area contributed by atoms with Gasteiger partial charge in [-0.15, -0.1) is 0 Å². The SMILES string of the molecule is Cc1cccc(C(C)C)c1NCC1CCCNC1. The van der Waals surface area contributed by atoms with Crippen LogP contribution in [0.2, 0.25) is 0 Å². The first-order chi connectivity index (χ1) is 8.68. The van der Waals surface area contributed by atoms with Crippen molar-refractivity contribution in [2.24, 2.45) is 5.92 Å². The Kier molecular flexibility index (Phi) is 4.65. The summed E-state index contributed by atoms with van der Waals surface area (Å²) in [5, 5.41) is 7.18. The minimum atomic E-state index is 0.580. The van der Waals surface area contributed by atoms with Crippen LogP contribution in [-0.4, -0.2) is 19.6 Å². The molecule has 2 nitrogen and oxygen atoms in total. The van der Waals surface area contributed by atoms with Gasteiger partial charge in [0.05, 0.1) is 0 Å². The number of hydrogen-bond acceptors (Lipinski definition) is 2. The van der Waals surface area contributed by atoms with Crippen LogP contribution >= 0.6 is 0 Å². The van der Waals surface area contributed by atoms with Gasteiger partial charge in [0.2, 0.25) is 0 Å². The molecule has 0 bridgehead atoms. The lowest BCUT2D eigenvalue weighted by atomic mass is 9.96. The molecule has 1 unspecified atom stereocenters. The predicted molar refractivity (Wildman–Crippen MR) is 79.4 cm³/mol. The van der Waals surface area contributed by atoms with Gasteiger partial charge >= 0.3 is 0 Å². The maximum atomic E-state index is 3.69. The van der Waals surface area contributed by atoms with E-state index in [2.05, 4.69) is 49.6 Å². The summed E-state index contributed by atoms with van der Waals surface area (Å²) in [5.41, 5.74) is 4.17. The monoisotopic (exact) mass is 246 g/mol. The van der Waals surface area contributed by atoms with Gasteiger partial charge < -0.3 is 10.6 Å². The van der Waals surface area contributed by atoms with Gasteiger partial charge in [-0.2, -0.15) is 0 Å². The van der Waals surface area contributed by atoms with Gasteiger partial charge in [-0.25, -0.2) is 0 Å². The second kappa shape index (κ2) is 6.24. The van der Waals surface area contributed by atoms with Gasteiger partial charge in [0.1, 0.15) is 0 Å². The summed E-state index contributed by atoms with van der Waals surface area (Å²) in [4.78, 5) is 0. The molecule has 2 N–H and O–H groups in total. The van der Waals surface area contributed by atoms with E-state index in [9.17, 15) is 0 Å². The fourth-order valence-corrected chi connectivity index (χ4v) is 2.76. The molecule has 100 valence electrons. The maximum Gasteiger partial charge on any atom is 0.0405 e. The Labute approximate surface area is 111 Å². The third-order valence-corrected chi connectivity index (χ3v) is 3.89. The van der Waals surface area contributed by atoms with Crippen LogP contribution in [0.4, 0.5) is 5.69 Å². The summed E-state index contributed by atoms with van der Waals surface area (Å²) in [5.74, 6) is 1.36. The lowest BCUT2D eigenvalue weighted by Crippen LogP contribution is -2.33. The molecule has 2 heteroatoms.